The predicted molar refractivity (Wildman–Crippen MR) is 65.2 cm³/mol. The third kappa shape index (κ3) is 1.38. The summed E-state index contributed by atoms with van der Waals surface area (Å²) in [4.78, 5) is 5.32. The van der Waals surface area contributed by atoms with Crippen LogP contribution < -0.4 is 0 Å². The fourth-order valence-corrected chi connectivity index (χ4v) is 2.56. The van der Waals surface area contributed by atoms with Crippen molar-refractivity contribution in [3.05, 3.63) is 41.0 Å². The summed E-state index contributed by atoms with van der Waals surface area (Å²) in [7, 11) is 0. The van der Waals surface area contributed by atoms with Gasteiger partial charge in [-0.05, 0) is 23.6 Å². The standard InChI is InChI=1S/C11H7ClN2OS/c12-10-8-4-3-7(15)6-14(8)11(13-10)9-2-1-5-16-9/h1-6,15H. The van der Waals surface area contributed by atoms with E-state index < -0.39 is 0 Å². The normalized spacial score (nSPS) is 11.1. The SMILES string of the molecule is Oc1ccc2c(Cl)nc(-c3cccs3)n2c1. The van der Waals surface area contributed by atoms with Crippen LogP contribution in [0.25, 0.3) is 16.2 Å². The fourth-order valence-electron chi connectivity index (χ4n) is 1.62. The highest BCUT2D eigenvalue weighted by Gasteiger charge is 2.11. The Morgan fingerprint density at radius 3 is 2.94 bits per heavy atom. The van der Waals surface area contributed by atoms with Crippen molar-refractivity contribution in [2.45, 2.75) is 0 Å². The van der Waals surface area contributed by atoms with Gasteiger partial charge >= 0.3 is 0 Å². The maximum absolute atomic E-state index is 9.47. The smallest absolute Gasteiger partial charge is 0.156 e. The molecular weight excluding hydrogens is 244 g/mol. The number of aromatic nitrogens is 2. The topological polar surface area (TPSA) is 37.5 Å². The zero-order valence-electron chi connectivity index (χ0n) is 8.09. The lowest BCUT2D eigenvalue weighted by Gasteiger charge is -1.98. The number of pyridine rings is 1. The lowest BCUT2D eigenvalue weighted by molar-refractivity contribution is 0.472. The molecule has 0 amide bonds. The molecule has 0 radical (unpaired) electrons. The van der Waals surface area contributed by atoms with E-state index in [1.807, 2.05) is 17.5 Å². The van der Waals surface area contributed by atoms with Gasteiger partial charge < -0.3 is 5.11 Å². The highest BCUT2D eigenvalue weighted by Crippen LogP contribution is 2.29. The van der Waals surface area contributed by atoms with Gasteiger partial charge in [0.2, 0.25) is 0 Å². The molecule has 0 unspecified atom stereocenters. The molecular formula is C11H7ClN2OS. The Labute approximate surface area is 101 Å². The van der Waals surface area contributed by atoms with E-state index >= 15 is 0 Å². The molecule has 5 heteroatoms. The van der Waals surface area contributed by atoms with Gasteiger partial charge in [0.05, 0.1) is 16.6 Å². The van der Waals surface area contributed by atoms with Gasteiger partial charge in [0.1, 0.15) is 5.75 Å². The van der Waals surface area contributed by atoms with Crippen LogP contribution in [-0.2, 0) is 0 Å². The molecule has 0 aliphatic carbocycles. The summed E-state index contributed by atoms with van der Waals surface area (Å²) in [6.45, 7) is 0. The highest BCUT2D eigenvalue weighted by molar-refractivity contribution is 7.13. The average molecular weight is 251 g/mol. The van der Waals surface area contributed by atoms with Crippen LogP contribution in [0.1, 0.15) is 0 Å². The van der Waals surface area contributed by atoms with Crippen molar-refractivity contribution in [2.24, 2.45) is 0 Å². The summed E-state index contributed by atoms with van der Waals surface area (Å²) >= 11 is 7.62. The van der Waals surface area contributed by atoms with E-state index in [1.165, 1.54) is 0 Å². The number of hydrogen-bond donors (Lipinski definition) is 1. The number of imidazole rings is 1. The minimum Gasteiger partial charge on any atom is -0.506 e. The maximum atomic E-state index is 9.47. The minimum absolute atomic E-state index is 0.194. The molecule has 0 aliphatic rings. The molecule has 0 aliphatic heterocycles. The van der Waals surface area contributed by atoms with Crippen molar-refractivity contribution in [1.82, 2.24) is 9.38 Å². The number of rotatable bonds is 1. The molecule has 3 rings (SSSR count). The summed E-state index contributed by atoms with van der Waals surface area (Å²) < 4.78 is 1.80. The first-order valence-corrected chi connectivity index (χ1v) is 5.92. The van der Waals surface area contributed by atoms with Crippen LogP contribution >= 0.6 is 22.9 Å². The van der Waals surface area contributed by atoms with Crippen LogP contribution in [0.4, 0.5) is 0 Å². The molecule has 3 aromatic heterocycles. The molecule has 16 heavy (non-hydrogen) atoms. The zero-order chi connectivity index (χ0) is 11.1. The maximum Gasteiger partial charge on any atom is 0.156 e. The van der Waals surface area contributed by atoms with Crippen molar-refractivity contribution in [3.8, 4) is 16.5 Å². The van der Waals surface area contributed by atoms with E-state index in [-0.39, 0.29) is 5.75 Å². The van der Waals surface area contributed by atoms with Crippen molar-refractivity contribution in [1.29, 1.82) is 0 Å². The molecule has 3 heterocycles. The van der Waals surface area contributed by atoms with Gasteiger partial charge in [-0.15, -0.1) is 11.3 Å². The molecule has 0 saturated carbocycles. The van der Waals surface area contributed by atoms with E-state index in [0.29, 0.717) is 5.15 Å². The second-order valence-electron chi connectivity index (χ2n) is 3.35. The molecule has 0 atom stereocenters. The molecule has 0 spiro atoms. The second kappa shape index (κ2) is 3.50. The van der Waals surface area contributed by atoms with Crippen molar-refractivity contribution < 1.29 is 5.11 Å². The van der Waals surface area contributed by atoms with Gasteiger partial charge in [0.25, 0.3) is 0 Å². The Hall–Kier alpha value is -1.52. The van der Waals surface area contributed by atoms with Crippen molar-refractivity contribution in [3.63, 3.8) is 0 Å². The van der Waals surface area contributed by atoms with Crippen LogP contribution in [0, 0.1) is 0 Å². The van der Waals surface area contributed by atoms with E-state index in [9.17, 15) is 5.11 Å². The average Bonchev–Trinajstić information content (AvgIpc) is 2.86. The largest absolute Gasteiger partial charge is 0.506 e. The Kier molecular flexibility index (Phi) is 2.12. The first kappa shape index (κ1) is 9.69. The van der Waals surface area contributed by atoms with Gasteiger partial charge in [-0.2, -0.15) is 0 Å². The van der Waals surface area contributed by atoms with Crippen molar-refractivity contribution >= 4 is 28.5 Å². The number of nitrogens with zero attached hydrogens (tertiary/aromatic N) is 2. The quantitative estimate of drug-likeness (QED) is 0.719. The molecule has 80 valence electrons. The van der Waals surface area contributed by atoms with Gasteiger partial charge in [0, 0.05) is 0 Å². The monoisotopic (exact) mass is 250 g/mol. The Morgan fingerprint density at radius 1 is 1.31 bits per heavy atom. The molecule has 3 nitrogen and oxygen atoms in total. The summed E-state index contributed by atoms with van der Waals surface area (Å²) in [5.41, 5.74) is 0.794. The second-order valence-corrected chi connectivity index (χ2v) is 4.65. The first-order valence-electron chi connectivity index (χ1n) is 4.66. The van der Waals surface area contributed by atoms with Crippen LogP contribution in [0.15, 0.2) is 35.8 Å². The van der Waals surface area contributed by atoms with Gasteiger partial charge in [-0.3, -0.25) is 4.40 Å². The van der Waals surface area contributed by atoms with Gasteiger partial charge in [0.15, 0.2) is 11.0 Å². The third-order valence-corrected chi connectivity index (χ3v) is 3.46. The van der Waals surface area contributed by atoms with Gasteiger partial charge in [-0.25, -0.2) is 4.98 Å². The molecule has 0 fully saturated rings. The number of halogens is 1. The number of fused-ring (bicyclic) bond motifs is 1. The van der Waals surface area contributed by atoms with E-state index in [0.717, 1.165) is 16.2 Å². The minimum atomic E-state index is 0.194. The van der Waals surface area contributed by atoms with Crippen LogP contribution in [-0.4, -0.2) is 14.5 Å². The summed E-state index contributed by atoms with van der Waals surface area (Å²) in [6.07, 6.45) is 1.61. The molecule has 0 aromatic carbocycles. The molecule has 1 N–H and O–H groups in total. The summed E-state index contributed by atoms with van der Waals surface area (Å²) in [5, 5.41) is 11.9. The van der Waals surface area contributed by atoms with E-state index in [2.05, 4.69) is 4.98 Å². The number of thiophene rings is 1. The van der Waals surface area contributed by atoms with Crippen LogP contribution in [0.5, 0.6) is 5.75 Å². The molecule has 0 bridgehead atoms. The Bertz CT molecular complexity index is 645. The Balaban J connectivity index is 2.37. The molecule has 0 saturated heterocycles. The lowest BCUT2D eigenvalue weighted by atomic mass is 10.4. The fraction of sp³-hybridized carbons (Fsp3) is 0. The van der Waals surface area contributed by atoms with Crippen LogP contribution in [0.2, 0.25) is 5.15 Å². The number of aromatic hydroxyl groups is 1. The first-order chi connectivity index (χ1) is 7.75. The van der Waals surface area contributed by atoms with E-state index in [4.69, 9.17) is 11.6 Å². The molecule has 3 aromatic rings. The summed E-state index contributed by atoms with van der Waals surface area (Å²) in [5.74, 6) is 0.949. The van der Waals surface area contributed by atoms with E-state index in [1.54, 1.807) is 34.1 Å². The van der Waals surface area contributed by atoms with Crippen LogP contribution in [0.3, 0.4) is 0 Å². The van der Waals surface area contributed by atoms with Gasteiger partial charge in [-0.1, -0.05) is 17.7 Å². The Morgan fingerprint density at radius 2 is 2.19 bits per heavy atom. The lowest BCUT2D eigenvalue weighted by Crippen LogP contribution is -1.86. The highest BCUT2D eigenvalue weighted by atomic mass is 35.5. The third-order valence-electron chi connectivity index (χ3n) is 2.32. The number of hydrogen-bond acceptors (Lipinski definition) is 3. The predicted octanol–water partition coefficient (Wildman–Crippen LogP) is 3.42. The summed E-state index contributed by atoms with van der Waals surface area (Å²) in [6, 6.07) is 7.28. The zero-order valence-corrected chi connectivity index (χ0v) is 9.66. The van der Waals surface area contributed by atoms with Crippen molar-refractivity contribution in [2.75, 3.05) is 0 Å².